The third kappa shape index (κ3) is 5.76. The molecular formula is C29H32N6O6. The predicted octanol–water partition coefficient (Wildman–Crippen LogP) is 1.83. The number of aliphatic carboxylic acids is 1. The number of pyridine rings is 2. The Morgan fingerprint density at radius 3 is 2.39 bits per heavy atom. The van der Waals surface area contributed by atoms with Crippen LogP contribution in [0.2, 0.25) is 0 Å². The van der Waals surface area contributed by atoms with Crippen molar-refractivity contribution in [2.75, 3.05) is 37.6 Å². The van der Waals surface area contributed by atoms with Crippen molar-refractivity contribution in [3.05, 3.63) is 69.6 Å². The largest absolute Gasteiger partial charge is 0.480 e. The minimum Gasteiger partial charge on any atom is -0.480 e. The maximum atomic E-state index is 13.6. The zero-order chi connectivity index (χ0) is 29.5. The van der Waals surface area contributed by atoms with Crippen molar-refractivity contribution in [3.8, 4) is 0 Å². The van der Waals surface area contributed by atoms with Gasteiger partial charge in [0.15, 0.2) is 0 Å². The van der Waals surface area contributed by atoms with Gasteiger partial charge in [-0.15, -0.1) is 0 Å². The molecule has 0 bridgehead atoms. The number of aryl methyl sites for hydroxylation is 1. The highest BCUT2D eigenvalue weighted by Gasteiger charge is 2.37. The third-order valence-electron chi connectivity index (χ3n) is 7.35. The second-order valence-electron chi connectivity index (χ2n) is 11.4. The van der Waals surface area contributed by atoms with E-state index in [1.165, 1.54) is 26.6 Å². The normalized spacial score (nSPS) is 16.2. The number of carboxylic acids is 1. The second-order valence-corrected chi connectivity index (χ2v) is 11.4. The molecule has 0 atom stereocenters. The zero-order valence-electron chi connectivity index (χ0n) is 23.2. The molecule has 0 radical (unpaired) electrons. The molecule has 5 rings (SSSR count). The van der Waals surface area contributed by atoms with E-state index in [0.717, 1.165) is 11.1 Å². The van der Waals surface area contributed by atoms with Gasteiger partial charge in [-0.3, -0.25) is 28.6 Å². The number of aromatic nitrogens is 2. The Bertz CT molecular complexity index is 1600. The van der Waals surface area contributed by atoms with Crippen LogP contribution in [0.15, 0.2) is 47.4 Å². The number of hydrogen-bond acceptors (Lipinski definition) is 6. The fraction of sp³-hybridized carbons (Fsp3) is 0.379. The summed E-state index contributed by atoms with van der Waals surface area (Å²) in [6.07, 6.45) is 1.41. The molecule has 0 unspecified atom stereocenters. The van der Waals surface area contributed by atoms with E-state index in [0.29, 0.717) is 24.2 Å². The maximum absolute atomic E-state index is 13.6. The molecule has 2 N–H and O–H groups in total. The van der Waals surface area contributed by atoms with Gasteiger partial charge in [-0.2, -0.15) is 0 Å². The maximum Gasteiger partial charge on any atom is 0.325 e. The Labute approximate surface area is 236 Å². The third-order valence-corrected chi connectivity index (χ3v) is 7.35. The minimum atomic E-state index is -1.11. The van der Waals surface area contributed by atoms with E-state index < -0.39 is 30.0 Å². The minimum absolute atomic E-state index is 0.00431. The number of benzene rings is 1. The Kier molecular flexibility index (Phi) is 7.24. The van der Waals surface area contributed by atoms with Gasteiger partial charge in [-0.05, 0) is 30.0 Å². The van der Waals surface area contributed by atoms with Gasteiger partial charge in [-0.1, -0.05) is 43.7 Å². The van der Waals surface area contributed by atoms with Crippen molar-refractivity contribution in [3.63, 3.8) is 0 Å². The number of nitrogens with one attached hydrogen (secondary N) is 1. The summed E-state index contributed by atoms with van der Waals surface area (Å²) in [5.41, 5.74) is 1.75. The summed E-state index contributed by atoms with van der Waals surface area (Å²) in [5, 5.41) is 12.3. The number of carboxylic acid groups (broad SMARTS) is 1. The van der Waals surface area contributed by atoms with Crippen LogP contribution in [0.3, 0.4) is 0 Å². The SMILES string of the molecule is Cc1ccc(CNC(=O)c2cc3cc(N4CCN(CC(=O)O)C4=O)cnc3n(CC(=O)N3CC(C)(C)C3)c2=O)cc1. The first kappa shape index (κ1) is 27.8. The molecule has 2 aliphatic heterocycles. The Balaban J connectivity index is 1.49. The number of likely N-dealkylation sites (tertiary alicyclic amines) is 1. The van der Waals surface area contributed by atoms with E-state index in [1.54, 1.807) is 11.0 Å². The summed E-state index contributed by atoms with van der Waals surface area (Å²) in [6.45, 7) is 7.19. The molecule has 4 heterocycles. The summed E-state index contributed by atoms with van der Waals surface area (Å²) in [6, 6.07) is 10.2. The molecular weight excluding hydrogens is 528 g/mol. The molecule has 3 aromatic rings. The van der Waals surface area contributed by atoms with Crippen LogP contribution in [0.25, 0.3) is 11.0 Å². The quantitative estimate of drug-likeness (QED) is 0.428. The molecule has 12 nitrogen and oxygen atoms in total. The van der Waals surface area contributed by atoms with Crippen LogP contribution in [0.1, 0.15) is 35.3 Å². The van der Waals surface area contributed by atoms with Gasteiger partial charge < -0.3 is 20.2 Å². The van der Waals surface area contributed by atoms with Crippen molar-refractivity contribution in [1.82, 2.24) is 24.7 Å². The van der Waals surface area contributed by atoms with Gasteiger partial charge in [0.25, 0.3) is 11.5 Å². The number of rotatable bonds is 8. The van der Waals surface area contributed by atoms with Crippen LogP contribution in [0.4, 0.5) is 10.5 Å². The predicted molar refractivity (Wildman–Crippen MR) is 151 cm³/mol. The highest BCUT2D eigenvalue weighted by molar-refractivity contribution is 6.00. The molecule has 2 aliphatic rings. The highest BCUT2D eigenvalue weighted by atomic mass is 16.4. The van der Waals surface area contributed by atoms with Crippen LogP contribution >= 0.6 is 0 Å². The van der Waals surface area contributed by atoms with E-state index in [-0.39, 0.29) is 48.7 Å². The molecule has 2 saturated heterocycles. The van der Waals surface area contributed by atoms with E-state index in [2.05, 4.69) is 24.1 Å². The average Bonchev–Trinajstić information content (AvgIpc) is 3.26. The molecule has 0 spiro atoms. The summed E-state index contributed by atoms with van der Waals surface area (Å²) >= 11 is 0. The van der Waals surface area contributed by atoms with Gasteiger partial charge in [-0.25, -0.2) is 9.78 Å². The van der Waals surface area contributed by atoms with Gasteiger partial charge in [0.05, 0.1) is 11.9 Å². The summed E-state index contributed by atoms with van der Waals surface area (Å²) in [7, 11) is 0. The lowest BCUT2D eigenvalue weighted by molar-refractivity contribution is -0.142. The van der Waals surface area contributed by atoms with Crippen LogP contribution in [0.5, 0.6) is 0 Å². The van der Waals surface area contributed by atoms with Crippen molar-refractivity contribution in [2.24, 2.45) is 5.41 Å². The Hall–Kier alpha value is -4.74. The van der Waals surface area contributed by atoms with E-state index >= 15 is 0 Å². The topological polar surface area (TPSA) is 145 Å². The van der Waals surface area contributed by atoms with E-state index in [9.17, 15) is 24.0 Å². The van der Waals surface area contributed by atoms with Crippen LogP contribution < -0.4 is 15.8 Å². The highest BCUT2D eigenvalue weighted by Crippen LogP contribution is 2.29. The monoisotopic (exact) mass is 560 g/mol. The number of amides is 4. The van der Waals surface area contributed by atoms with Crippen molar-refractivity contribution >= 4 is 40.5 Å². The fourth-order valence-corrected chi connectivity index (χ4v) is 5.22. The van der Waals surface area contributed by atoms with Crippen LogP contribution in [-0.2, 0) is 22.7 Å². The summed E-state index contributed by atoms with van der Waals surface area (Å²) < 4.78 is 1.20. The van der Waals surface area contributed by atoms with Gasteiger partial charge >= 0.3 is 12.0 Å². The lowest BCUT2D eigenvalue weighted by Gasteiger charge is -2.45. The number of carbonyl (C=O) groups excluding carboxylic acids is 3. The molecule has 4 amide bonds. The molecule has 12 heteroatoms. The number of fused-ring (bicyclic) bond motifs is 1. The number of nitrogens with zero attached hydrogens (tertiary/aromatic N) is 5. The van der Waals surface area contributed by atoms with Crippen LogP contribution in [-0.4, -0.2) is 81.0 Å². The smallest absolute Gasteiger partial charge is 0.325 e. The van der Waals surface area contributed by atoms with Gasteiger partial charge in [0.2, 0.25) is 5.91 Å². The average molecular weight is 561 g/mol. The van der Waals surface area contributed by atoms with E-state index in [4.69, 9.17) is 5.11 Å². The second kappa shape index (κ2) is 10.7. The number of hydrogen-bond donors (Lipinski definition) is 2. The molecule has 2 fully saturated rings. The lowest BCUT2D eigenvalue weighted by Crippen LogP contribution is -2.56. The molecule has 1 aromatic carbocycles. The summed E-state index contributed by atoms with van der Waals surface area (Å²) in [5.74, 6) is -1.97. The van der Waals surface area contributed by atoms with Crippen molar-refractivity contribution in [2.45, 2.75) is 33.9 Å². The van der Waals surface area contributed by atoms with Crippen LogP contribution in [0, 0.1) is 12.3 Å². The van der Waals surface area contributed by atoms with Crippen molar-refractivity contribution < 1.29 is 24.3 Å². The first-order valence-corrected chi connectivity index (χ1v) is 13.4. The Morgan fingerprint density at radius 2 is 1.73 bits per heavy atom. The van der Waals surface area contributed by atoms with E-state index in [1.807, 2.05) is 31.2 Å². The number of anilines is 1. The summed E-state index contributed by atoms with van der Waals surface area (Å²) in [4.78, 5) is 72.5. The molecule has 41 heavy (non-hydrogen) atoms. The fourth-order valence-electron chi connectivity index (χ4n) is 5.22. The molecule has 0 aliphatic carbocycles. The van der Waals surface area contributed by atoms with Crippen molar-refractivity contribution in [1.29, 1.82) is 0 Å². The molecule has 0 saturated carbocycles. The first-order valence-electron chi connectivity index (χ1n) is 13.4. The molecule has 214 valence electrons. The van der Waals surface area contributed by atoms with Gasteiger partial charge in [0, 0.05) is 38.1 Å². The molecule has 2 aromatic heterocycles. The number of urea groups is 1. The zero-order valence-corrected chi connectivity index (χ0v) is 23.2. The standard InChI is InChI=1S/C29H32N6O6/c1-18-4-6-19(7-5-18)12-31-26(39)22-11-20-10-21(34-9-8-32(28(34)41)15-24(37)38)13-30-25(20)35(27(22)40)14-23(36)33-16-29(2,3)17-33/h4-7,10-11,13H,8-9,12,14-17H2,1-3H3,(H,31,39)(H,37,38). The number of carbonyl (C=O) groups is 4. The first-order chi connectivity index (χ1) is 19.4. The van der Waals surface area contributed by atoms with Gasteiger partial charge in [0.1, 0.15) is 24.3 Å². The Morgan fingerprint density at radius 1 is 1.02 bits per heavy atom. The lowest BCUT2D eigenvalue weighted by atomic mass is 9.84.